The molecule has 0 bridgehead atoms. The molecule has 3 aliphatic rings. The number of Topliss-reactive ketones (excluding diaryl/α,β-unsaturated/α-hetero) is 2. The van der Waals surface area contributed by atoms with Gasteiger partial charge in [0.15, 0.2) is 0 Å². The Morgan fingerprint density at radius 3 is 2.18 bits per heavy atom. The van der Waals surface area contributed by atoms with Crippen LogP contribution in [0.15, 0.2) is 0 Å². The molecule has 0 unspecified atom stereocenters. The number of hydrogen-bond acceptors (Lipinski definition) is 5. The van der Waals surface area contributed by atoms with Gasteiger partial charge < -0.3 is 15.1 Å². The minimum Gasteiger partial charge on any atom is -0.479 e. The summed E-state index contributed by atoms with van der Waals surface area (Å²) >= 11 is 0. The number of β-lactam (4-membered cyclic amide) rings is 1. The van der Waals surface area contributed by atoms with Crippen molar-refractivity contribution in [2.45, 2.75) is 51.3 Å². The van der Waals surface area contributed by atoms with Crippen LogP contribution in [0.5, 0.6) is 0 Å². The Kier molecular flexibility index (Phi) is 2.86. The number of carbonyl (C=O) groups excluding carboxylic acids is 3. The molecule has 5 atom stereocenters. The van der Waals surface area contributed by atoms with Crippen molar-refractivity contribution in [3.63, 3.8) is 0 Å². The van der Waals surface area contributed by atoms with E-state index >= 15 is 0 Å². The molecule has 22 heavy (non-hydrogen) atoms. The Balaban J connectivity index is 2.14. The van der Waals surface area contributed by atoms with Crippen LogP contribution in [0.3, 0.4) is 0 Å². The van der Waals surface area contributed by atoms with Crippen molar-refractivity contribution in [2.24, 2.45) is 17.3 Å². The minimum atomic E-state index is -1.39. The predicted octanol–water partition coefficient (Wildman–Crippen LogP) is -0.394. The SMILES string of the molecule is CC(=O)C1(C(C)=O)C[C@H]2C[C@@]2(C(=O)O)N2C(=O)[C@H]([C@@H](C)O)[C@H]21. The van der Waals surface area contributed by atoms with Gasteiger partial charge >= 0.3 is 5.97 Å². The van der Waals surface area contributed by atoms with E-state index in [0.717, 1.165) is 0 Å². The number of nitrogens with zero attached hydrogens (tertiary/aromatic N) is 1. The largest absolute Gasteiger partial charge is 0.479 e. The molecule has 0 aromatic rings. The van der Waals surface area contributed by atoms with Crippen LogP contribution in [0.2, 0.25) is 0 Å². The third-order valence-electron chi connectivity index (χ3n) is 5.86. The third-order valence-corrected chi connectivity index (χ3v) is 5.86. The number of carboxylic acid groups (broad SMARTS) is 1. The summed E-state index contributed by atoms with van der Waals surface area (Å²) in [6.45, 7) is 4.03. The van der Waals surface area contributed by atoms with Gasteiger partial charge in [-0.1, -0.05) is 0 Å². The van der Waals surface area contributed by atoms with Crippen molar-refractivity contribution in [3.05, 3.63) is 0 Å². The molecule has 0 radical (unpaired) electrons. The molecule has 2 aliphatic heterocycles. The molecular formula is C15H19NO6. The average molecular weight is 309 g/mol. The molecule has 1 saturated carbocycles. The molecule has 7 heteroatoms. The topological polar surface area (TPSA) is 112 Å². The molecule has 0 aromatic heterocycles. The molecule has 3 rings (SSSR count). The van der Waals surface area contributed by atoms with Crippen molar-refractivity contribution >= 4 is 23.4 Å². The number of amides is 1. The van der Waals surface area contributed by atoms with E-state index in [1.807, 2.05) is 0 Å². The van der Waals surface area contributed by atoms with Crippen molar-refractivity contribution in [2.75, 3.05) is 0 Å². The van der Waals surface area contributed by atoms with Crippen LogP contribution in [-0.2, 0) is 19.2 Å². The second kappa shape index (κ2) is 4.16. The lowest BCUT2D eigenvalue weighted by Gasteiger charge is -2.60. The summed E-state index contributed by atoms with van der Waals surface area (Å²) in [6, 6.07) is -0.857. The number of carboxylic acids is 1. The highest BCUT2D eigenvalue weighted by Gasteiger charge is 2.81. The van der Waals surface area contributed by atoms with Crippen molar-refractivity contribution in [1.82, 2.24) is 4.90 Å². The normalized spacial score (nSPS) is 39.2. The second-order valence-corrected chi connectivity index (χ2v) is 6.84. The van der Waals surface area contributed by atoms with E-state index in [1.54, 1.807) is 0 Å². The maximum Gasteiger partial charge on any atom is 0.329 e. The first-order valence-electron chi connectivity index (χ1n) is 7.39. The Hall–Kier alpha value is -1.76. The van der Waals surface area contributed by atoms with E-state index < -0.39 is 40.9 Å². The quantitative estimate of drug-likeness (QED) is 0.540. The molecule has 120 valence electrons. The number of hydrogen-bond donors (Lipinski definition) is 2. The fourth-order valence-electron chi connectivity index (χ4n) is 4.63. The standard InChI is InChI=1S/C15H19NO6/c1-6(17)10-11-14(7(2)18,8(3)19)4-9-5-15(9,13(21)22)16(11)12(10)20/h6,9-11,17H,4-5H2,1-3H3,(H,21,22)/t6-,9+,10-,11+,15-/m1/s1. The van der Waals surface area contributed by atoms with Crippen LogP contribution in [0.1, 0.15) is 33.6 Å². The lowest BCUT2D eigenvalue weighted by atomic mass is 9.57. The minimum absolute atomic E-state index is 0.141. The predicted molar refractivity (Wildman–Crippen MR) is 72.7 cm³/mol. The fraction of sp³-hybridized carbons (Fsp3) is 0.733. The van der Waals surface area contributed by atoms with Gasteiger partial charge in [-0.25, -0.2) is 4.79 Å². The number of rotatable bonds is 4. The lowest BCUT2D eigenvalue weighted by Crippen LogP contribution is -2.79. The molecular weight excluding hydrogens is 290 g/mol. The fourth-order valence-corrected chi connectivity index (χ4v) is 4.63. The first-order valence-corrected chi connectivity index (χ1v) is 7.39. The van der Waals surface area contributed by atoms with E-state index in [0.29, 0.717) is 0 Å². The van der Waals surface area contributed by atoms with Crippen molar-refractivity contribution in [1.29, 1.82) is 0 Å². The van der Waals surface area contributed by atoms with Gasteiger partial charge in [0.2, 0.25) is 5.91 Å². The number of fused-ring (bicyclic) bond motifs is 3. The van der Waals surface area contributed by atoms with E-state index in [-0.39, 0.29) is 30.3 Å². The average Bonchev–Trinajstić information content (AvgIpc) is 3.08. The Morgan fingerprint density at radius 1 is 1.23 bits per heavy atom. The second-order valence-electron chi connectivity index (χ2n) is 6.84. The summed E-state index contributed by atoms with van der Waals surface area (Å²) in [5.74, 6) is -3.58. The van der Waals surface area contributed by atoms with Crippen LogP contribution >= 0.6 is 0 Å². The first kappa shape index (κ1) is 15.1. The molecule has 2 N–H and O–H groups in total. The highest BCUT2D eigenvalue weighted by molar-refractivity contribution is 6.10. The van der Waals surface area contributed by atoms with Gasteiger partial charge in [-0.15, -0.1) is 0 Å². The van der Waals surface area contributed by atoms with Gasteiger partial charge in [0.1, 0.15) is 22.5 Å². The molecule has 3 fully saturated rings. The van der Waals surface area contributed by atoms with Gasteiger partial charge in [-0.2, -0.15) is 0 Å². The monoisotopic (exact) mass is 309 g/mol. The lowest BCUT2D eigenvalue weighted by molar-refractivity contribution is -0.201. The van der Waals surface area contributed by atoms with Gasteiger partial charge in [0.05, 0.1) is 18.1 Å². The smallest absolute Gasteiger partial charge is 0.329 e. The number of aliphatic hydroxyl groups is 1. The highest BCUT2D eigenvalue weighted by atomic mass is 16.4. The summed E-state index contributed by atoms with van der Waals surface area (Å²) in [5.41, 5.74) is -2.68. The summed E-state index contributed by atoms with van der Waals surface area (Å²) in [4.78, 5) is 49.8. The van der Waals surface area contributed by atoms with E-state index in [2.05, 4.69) is 0 Å². The van der Waals surface area contributed by atoms with E-state index in [9.17, 15) is 29.4 Å². The molecule has 2 saturated heterocycles. The molecule has 1 amide bonds. The molecule has 7 nitrogen and oxygen atoms in total. The number of carbonyl (C=O) groups is 4. The molecule has 0 aromatic carbocycles. The highest BCUT2D eigenvalue weighted by Crippen LogP contribution is 2.66. The number of ketones is 2. The van der Waals surface area contributed by atoms with Crippen molar-refractivity contribution < 1.29 is 29.4 Å². The molecule has 1 aliphatic carbocycles. The van der Waals surface area contributed by atoms with E-state index in [4.69, 9.17) is 0 Å². The van der Waals surface area contributed by atoms with Gasteiger partial charge in [-0.3, -0.25) is 14.4 Å². The van der Waals surface area contributed by atoms with E-state index in [1.165, 1.54) is 25.7 Å². The van der Waals surface area contributed by atoms with Crippen LogP contribution < -0.4 is 0 Å². The Morgan fingerprint density at radius 2 is 1.77 bits per heavy atom. The van der Waals surface area contributed by atoms with Crippen LogP contribution in [0, 0.1) is 17.3 Å². The maximum absolute atomic E-state index is 12.4. The Bertz CT molecular complexity index is 597. The summed E-state index contributed by atoms with van der Waals surface area (Å²) < 4.78 is 0. The van der Waals surface area contributed by atoms with Crippen molar-refractivity contribution in [3.8, 4) is 0 Å². The van der Waals surface area contributed by atoms with Crippen LogP contribution in [0.4, 0.5) is 0 Å². The third kappa shape index (κ3) is 1.40. The van der Waals surface area contributed by atoms with Gasteiger partial charge in [-0.05, 0) is 39.5 Å². The first-order chi connectivity index (χ1) is 10.1. The summed E-state index contributed by atoms with van der Waals surface area (Å²) in [6.07, 6.45) is -0.630. The summed E-state index contributed by atoms with van der Waals surface area (Å²) in [7, 11) is 0. The molecule has 0 spiro atoms. The molecule has 2 heterocycles. The van der Waals surface area contributed by atoms with Gasteiger partial charge in [0, 0.05) is 0 Å². The maximum atomic E-state index is 12.4. The zero-order valence-electron chi connectivity index (χ0n) is 12.7. The summed E-state index contributed by atoms with van der Waals surface area (Å²) in [5, 5.41) is 19.4. The van der Waals surface area contributed by atoms with Crippen LogP contribution in [0.25, 0.3) is 0 Å². The Labute approximate surface area is 127 Å². The van der Waals surface area contributed by atoms with Gasteiger partial charge in [0.25, 0.3) is 0 Å². The number of aliphatic hydroxyl groups excluding tert-OH is 1. The number of aliphatic carboxylic acids is 1. The zero-order chi connectivity index (χ0) is 16.6. The number of piperidine rings is 1. The zero-order valence-corrected chi connectivity index (χ0v) is 12.7. The van der Waals surface area contributed by atoms with Crippen LogP contribution in [-0.4, -0.2) is 56.2 Å².